The van der Waals surface area contributed by atoms with Crippen LogP contribution in [0.3, 0.4) is 0 Å². The molecule has 1 heterocycles. The third-order valence-corrected chi connectivity index (χ3v) is 3.94. The van der Waals surface area contributed by atoms with Crippen LogP contribution in [0.4, 0.5) is 4.79 Å². The van der Waals surface area contributed by atoms with E-state index in [1.165, 1.54) is 4.90 Å². The Morgan fingerprint density at radius 1 is 1.24 bits per heavy atom. The van der Waals surface area contributed by atoms with Gasteiger partial charge in [-0.2, -0.15) is 0 Å². The van der Waals surface area contributed by atoms with Gasteiger partial charge in [0.25, 0.3) is 0 Å². The summed E-state index contributed by atoms with van der Waals surface area (Å²) >= 11 is 0. The van der Waals surface area contributed by atoms with Crippen molar-refractivity contribution in [1.82, 2.24) is 10.2 Å². The van der Waals surface area contributed by atoms with Crippen molar-refractivity contribution >= 4 is 12.0 Å². The minimum absolute atomic E-state index is 0.108. The Morgan fingerprint density at radius 2 is 1.92 bits per heavy atom. The lowest BCUT2D eigenvalue weighted by Crippen LogP contribution is -2.48. The van der Waals surface area contributed by atoms with Crippen molar-refractivity contribution in [3.63, 3.8) is 0 Å². The summed E-state index contributed by atoms with van der Waals surface area (Å²) in [4.78, 5) is 26.2. The normalized spacial score (nSPS) is 17.4. The topological polar surface area (TPSA) is 88.1 Å². The van der Waals surface area contributed by atoms with E-state index in [0.29, 0.717) is 23.6 Å². The summed E-state index contributed by atoms with van der Waals surface area (Å²) in [7, 11) is 0. The summed E-state index contributed by atoms with van der Waals surface area (Å²) in [5.41, 5.74) is 1.59. The third-order valence-electron chi connectivity index (χ3n) is 3.94. The van der Waals surface area contributed by atoms with Gasteiger partial charge in [0.05, 0.1) is 38.0 Å². The molecule has 0 radical (unpaired) electrons. The van der Waals surface area contributed by atoms with Crippen molar-refractivity contribution < 1.29 is 24.2 Å². The Morgan fingerprint density at radius 3 is 2.48 bits per heavy atom. The highest BCUT2D eigenvalue weighted by Crippen LogP contribution is 2.32. The highest BCUT2D eigenvalue weighted by atomic mass is 16.5. The molecule has 0 saturated heterocycles. The molecule has 0 fully saturated rings. The van der Waals surface area contributed by atoms with E-state index < -0.39 is 12.0 Å². The lowest BCUT2D eigenvalue weighted by molar-refractivity contribution is -0.139. The van der Waals surface area contributed by atoms with E-state index in [-0.39, 0.29) is 25.8 Å². The number of carbonyl (C=O) groups excluding carboxylic acids is 2. The summed E-state index contributed by atoms with van der Waals surface area (Å²) in [6.45, 7) is 6.01. The van der Waals surface area contributed by atoms with Crippen LogP contribution in [0.1, 0.15) is 32.4 Å². The number of β-amino-alcohol motifs (C(OH)–C–C–N with tert-alkyl or cyclic N) is 1. The first-order valence-corrected chi connectivity index (χ1v) is 8.33. The molecule has 2 amide bonds. The Bertz CT molecular complexity index is 654. The van der Waals surface area contributed by atoms with Gasteiger partial charge in [-0.15, -0.1) is 0 Å². The predicted molar refractivity (Wildman–Crippen MR) is 92.0 cm³/mol. The Kier molecular flexibility index (Phi) is 6.41. The molecule has 25 heavy (non-hydrogen) atoms. The maximum absolute atomic E-state index is 12.5. The fraction of sp³-hybridized carbons (Fsp3) is 0.444. The lowest BCUT2D eigenvalue weighted by Gasteiger charge is -2.35. The molecular weight excluding hydrogens is 324 g/mol. The summed E-state index contributed by atoms with van der Waals surface area (Å²) in [5.74, 6) is 0.232. The average Bonchev–Trinajstić information content (AvgIpc) is 2.59. The van der Waals surface area contributed by atoms with E-state index in [4.69, 9.17) is 9.47 Å². The highest BCUT2D eigenvalue weighted by molar-refractivity contribution is 5.95. The van der Waals surface area contributed by atoms with Crippen LogP contribution in [0.15, 0.2) is 35.5 Å². The van der Waals surface area contributed by atoms with E-state index >= 15 is 0 Å². The second kappa shape index (κ2) is 8.53. The number of amides is 2. The molecule has 2 N–H and O–H groups in total. The van der Waals surface area contributed by atoms with Crippen molar-refractivity contribution in [2.24, 2.45) is 0 Å². The number of aliphatic hydroxyl groups is 1. The standard InChI is InChI=1S/C18H24N2O5/c1-4-24-14-8-6-13(7-9-14)16-15(17(22)25-5-2)12(3)20(10-11-21)18(23)19-16/h6-9,16,21H,4-5,10-11H2,1-3H3,(H,19,23). The Hall–Kier alpha value is -2.54. The van der Waals surface area contributed by atoms with Gasteiger partial charge in [-0.05, 0) is 38.5 Å². The zero-order valence-electron chi connectivity index (χ0n) is 14.7. The second-order valence-corrected chi connectivity index (χ2v) is 5.48. The molecule has 7 heteroatoms. The van der Waals surface area contributed by atoms with Gasteiger partial charge in [-0.25, -0.2) is 9.59 Å². The number of nitrogens with one attached hydrogen (secondary N) is 1. The minimum atomic E-state index is -0.614. The third kappa shape index (κ3) is 4.11. The number of ether oxygens (including phenoxy) is 2. The van der Waals surface area contributed by atoms with E-state index in [0.717, 1.165) is 5.56 Å². The van der Waals surface area contributed by atoms with Crippen molar-refractivity contribution in [3.8, 4) is 5.75 Å². The van der Waals surface area contributed by atoms with Gasteiger partial charge in [0, 0.05) is 5.70 Å². The molecule has 136 valence electrons. The van der Waals surface area contributed by atoms with Gasteiger partial charge in [-0.1, -0.05) is 12.1 Å². The predicted octanol–water partition coefficient (Wildman–Crippen LogP) is 1.98. The molecule has 2 rings (SSSR count). The van der Waals surface area contributed by atoms with Gasteiger partial charge < -0.3 is 19.9 Å². The SMILES string of the molecule is CCOC(=O)C1=C(C)N(CCO)C(=O)NC1c1ccc(OCC)cc1. The molecule has 0 saturated carbocycles. The van der Waals surface area contributed by atoms with Crippen LogP contribution < -0.4 is 10.1 Å². The number of aliphatic hydroxyl groups excluding tert-OH is 1. The maximum atomic E-state index is 12.5. The maximum Gasteiger partial charge on any atom is 0.338 e. The summed E-state index contributed by atoms with van der Waals surface area (Å²) in [6, 6.07) is 6.23. The quantitative estimate of drug-likeness (QED) is 0.736. The number of esters is 1. The molecule has 0 aromatic heterocycles. The molecule has 0 spiro atoms. The average molecular weight is 348 g/mol. The number of allylic oxidation sites excluding steroid dienone is 1. The molecule has 1 atom stereocenters. The van der Waals surface area contributed by atoms with Crippen molar-refractivity contribution in [1.29, 1.82) is 0 Å². The van der Waals surface area contributed by atoms with Crippen molar-refractivity contribution in [3.05, 3.63) is 41.1 Å². The number of urea groups is 1. The molecule has 0 bridgehead atoms. The summed E-state index contributed by atoms with van der Waals surface area (Å²) in [5, 5.41) is 12.0. The molecule has 0 aliphatic carbocycles. The second-order valence-electron chi connectivity index (χ2n) is 5.48. The number of hydrogen-bond acceptors (Lipinski definition) is 5. The molecule has 1 aromatic rings. The number of rotatable bonds is 7. The van der Waals surface area contributed by atoms with Crippen molar-refractivity contribution in [2.75, 3.05) is 26.4 Å². The fourth-order valence-corrected chi connectivity index (χ4v) is 2.80. The van der Waals surface area contributed by atoms with Gasteiger partial charge in [-0.3, -0.25) is 4.90 Å². The fourth-order valence-electron chi connectivity index (χ4n) is 2.80. The number of nitrogens with zero attached hydrogens (tertiary/aromatic N) is 1. The van der Waals surface area contributed by atoms with Crippen LogP contribution in [0.5, 0.6) is 5.75 Å². The zero-order valence-corrected chi connectivity index (χ0v) is 14.7. The van der Waals surface area contributed by atoms with Gasteiger partial charge >= 0.3 is 12.0 Å². The summed E-state index contributed by atoms with van der Waals surface area (Å²) < 4.78 is 10.6. The molecule has 1 aliphatic heterocycles. The van der Waals surface area contributed by atoms with Crippen LogP contribution in [-0.4, -0.2) is 48.4 Å². The molecular formula is C18H24N2O5. The molecule has 1 aromatic carbocycles. The van der Waals surface area contributed by atoms with E-state index in [2.05, 4.69) is 5.32 Å². The van der Waals surface area contributed by atoms with Crippen LogP contribution in [-0.2, 0) is 9.53 Å². The van der Waals surface area contributed by atoms with Gasteiger partial charge in [0.2, 0.25) is 0 Å². The van der Waals surface area contributed by atoms with E-state index in [1.807, 2.05) is 19.1 Å². The number of hydrogen-bond donors (Lipinski definition) is 2. The minimum Gasteiger partial charge on any atom is -0.494 e. The largest absolute Gasteiger partial charge is 0.494 e. The smallest absolute Gasteiger partial charge is 0.338 e. The van der Waals surface area contributed by atoms with E-state index in [1.54, 1.807) is 26.0 Å². The lowest BCUT2D eigenvalue weighted by atomic mass is 9.95. The first kappa shape index (κ1) is 18.8. The van der Waals surface area contributed by atoms with Crippen LogP contribution >= 0.6 is 0 Å². The Labute approximate surface area is 147 Å². The zero-order chi connectivity index (χ0) is 18.4. The van der Waals surface area contributed by atoms with Gasteiger partial charge in [0.1, 0.15) is 5.75 Å². The number of carbonyl (C=O) groups is 2. The van der Waals surface area contributed by atoms with Crippen LogP contribution in [0.25, 0.3) is 0 Å². The van der Waals surface area contributed by atoms with Gasteiger partial charge in [0.15, 0.2) is 0 Å². The molecule has 1 aliphatic rings. The molecule has 7 nitrogen and oxygen atoms in total. The van der Waals surface area contributed by atoms with Crippen LogP contribution in [0.2, 0.25) is 0 Å². The first-order chi connectivity index (χ1) is 12.0. The molecule has 1 unspecified atom stereocenters. The number of benzene rings is 1. The Balaban J connectivity index is 2.43. The summed E-state index contributed by atoms with van der Waals surface area (Å²) in [6.07, 6.45) is 0. The van der Waals surface area contributed by atoms with Crippen molar-refractivity contribution in [2.45, 2.75) is 26.8 Å². The van der Waals surface area contributed by atoms with Crippen LogP contribution in [0, 0.1) is 0 Å². The van der Waals surface area contributed by atoms with E-state index in [9.17, 15) is 14.7 Å². The monoisotopic (exact) mass is 348 g/mol. The first-order valence-electron chi connectivity index (χ1n) is 8.33. The highest BCUT2D eigenvalue weighted by Gasteiger charge is 2.36.